The number of nitrogens with zero attached hydrogens (tertiary/aromatic N) is 2. The lowest BCUT2D eigenvalue weighted by Gasteiger charge is -2.67. The van der Waals surface area contributed by atoms with Gasteiger partial charge in [-0.2, -0.15) is 10.5 Å². The lowest BCUT2D eigenvalue weighted by molar-refractivity contribution is -0.168. The number of allylic oxidation sites excluding steroid dienone is 3. The van der Waals surface area contributed by atoms with Crippen molar-refractivity contribution in [1.82, 2.24) is 0 Å². The molecule has 3 heteroatoms. The van der Waals surface area contributed by atoms with Crippen LogP contribution in [-0.4, -0.2) is 5.78 Å². The summed E-state index contributed by atoms with van der Waals surface area (Å²) >= 11 is 0. The van der Waals surface area contributed by atoms with Crippen LogP contribution in [0.25, 0.3) is 0 Å². The van der Waals surface area contributed by atoms with Gasteiger partial charge in [0.15, 0.2) is 5.78 Å². The Morgan fingerprint density at radius 1 is 1.03 bits per heavy atom. The minimum Gasteiger partial charge on any atom is -0.293 e. The highest BCUT2D eigenvalue weighted by molar-refractivity contribution is 6.04. The van der Waals surface area contributed by atoms with E-state index in [0.29, 0.717) is 23.3 Å². The fraction of sp³-hybridized carbons (Fsp3) is 0.781. The Kier molecular flexibility index (Phi) is 6.24. The molecule has 4 aliphatic carbocycles. The minimum atomic E-state index is -0.495. The van der Waals surface area contributed by atoms with Crippen molar-refractivity contribution in [2.75, 3.05) is 0 Å². The van der Waals surface area contributed by atoms with Crippen molar-refractivity contribution in [3.05, 3.63) is 23.8 Å². The second-order valence-corrected chi connectivity index (χ2v) is 14.1. The maximum atomic E-state index is 13.1. The molecular weight excluding hydrogens is 428 g/mol. The molecule has 3 saturated carbocycles. The van der Waals surface area contributed by atoms with Crippen LogP contribution in [0, 0.1) is 73.4 Å². The Labute approximate surface area is 214 Å². The van der Waals surface area contributed by atoms with Crippen LogP contribution in [-0.2, 0) is 4.79 Å². The third kappa shape index (κ3) is 3.51. The number of carbonyl (C=O) groups excluding carboxylic acids is 1. The molecule has 0 spiro atoms. The molecular formula is C32H46N2O. The van der Waals surface area contributed by atoms with Crippen LogP contribution in [0.4, 0.5) is 0 Å². The van der Waals surface area contributed by atoms with Crippen LogP contribution in [0.1, 0.15) is 106 Å². The van der Waals surface area contributed by atoms with Crippen molar-refractivity contribution in [2.45, 2.75) is 106 Å². The molecule has 0 N–H and O–H groups in total. The number of rotatable bonds is 4. The molecule has 0 radical (unpaired) electrons. The van der Waals surface area contributed by atoms with Gasteiger partial charge in [0.25, 0.3) is 0 Å². The summed E-state index contributed by atoms with van der Waals surface area (Å²) in [7, 11) is 0. The first-order valence-electron chi connectivity index (χ1n) is 14.0. The summed E-state index contributed by atoms with van der Waals surface area (Å²) in [5.41, 5.74) is 1.01. The van der Waals surface area contributed by atoms with Crippen molar-refractivity contribution in [3.63, 3.8) is 0 Å². The molecule has 0 aromatic heterocycles. The highest BCUT2D eigenvalue weighted by Crippen LogP contribution is 2.71. The normalized spacial score (nSPS) is 46.5. The van der Waals surface area contributed by atoms with E-state index in [0.717, 1.165) is 44.9 Å². The van der Waals surface area contributed by atoms with E-state index < -0.39 is 5.41 Å². The molecule has 0 unspecified atom stereocenters. The quantitative estimate of drug-likeness (QED) is 0.386. The molecule has 0 aromatic carbocycles. The second kappa shape index (κ2) is 8.33. The summed E-state index contributed by atoms with van der Waals surface area (Å²) in [6.45, 7) is 20.1. The van der Waals surface area contributed by atoms with E-state index in [1.165, 1.54) is 18.4 Å². The molecule has 4 rings (SSSR count). The molecule has 0 aliphatic heterocycles. The fourth-order valence-corrected chi connectivity index (χ4v) is 9.92. The molecule has 0 amide bonds. The van der Waals surface area contributed by atoms with Crippen LogP contribution in [0.5, 0.6) is 0 Å². The third-order valence-corrected chi connectivity index (χ3v) is 12.5. The van der Waals surface area contributed by atoms with Crippen molar-refractivity contribution < 1.29 is 4.79 Å². The van der Waals surface area contributed by atoms with Gasteiger partial charge in [0.2, 0.25) is 0 Å². The lowest BCUT2D eigenvalue weighted by atomic mass is 9.37. The number of fused-ring (bicyclic) bond motifs is 3. The number of hydrogen-bond donors (Lipinski definition) is 0. The molecule has 0 heterocycles. The van der Waals surface area contributed by atoms with Gasteiger partial charge >= 0.3 is 0 Å². The van der Waals surface area contributed by atoms with E-state index in [2.05, 4.69) is 73.3 Å². The lowest BCUT2D eigenvalue weighted by Crippen LogP contribution is -2.61. The van der Waals surface area contributed by atoms with E-state index >= 15 is 0 Å². The van der Waals surface area contributed by atoms with Crippen molar-refractivity contribution in [3.8, 4) is 12.1 Å². The predicted molar refractivity (Wildman–Crippen MR) is 141 cm³/mol. The number of nitriles is 2. The Hall–Kier alpha value is -1.87. The van der Waals surface area contributed by atoms with Crippen LogP contribution in [0.15, 0.2) is 23.8 Å². The predicted octanol–water partition coefficient (Wildman–Crippen LogP) is 8.19. The standard InChI is InChI=1S/C32H46N2O/c1-21(2)24-11-15-32(20-34,22(24)3)17-16-29(6)13-9-10-26-30(7)18-23(19-33)27(35)28(4,5)25(30)12-14-31(26,29)8/h18,22,24-26H,1,9-17H2,2-8H3/t22-,24-,25-,26+,29-,30-,31+,32+/m0/s1. The van der Waals surface area contributed by atoms with Gasteiger partial charge in [0.1, 0.15) is 6.07 Å². The van der Waals surface area contributed by atoms with E-state index in [4.69, 9.17) is 0 Å². The third-order valence-electron chi connectivity index (χ3n) is 12.5. The molecule has 0 bridgehead atoms. The minimum absolute atomic E-state index is 0.0305. The zero-order valence-electron chi connectivity index (χ0n) is 23.3. The van der Waals surface area contributed by atoms with Gasteiger partial charge in [-0.05, 0) is 98.2 Å². The van der Waals surface area contributed by atoms with E-state index in [1.54, 1.807) is 0 Å². The maximum absolute atomic E-state index is 13.1. The van der Waals surface area contributed by atoms with Gasteiger partial charge < -0.3 is 0 Å². The molecule has 3 fully saturated rings. The second-order valence-electron chi connectivity index (χ2n) is 14.1. The summed E-state index contributed by atoms with van der Waals surface area (Å²) in [4.78, 5) is 13.1. The van der Waals surface area contributed by atoms with Crippen LogP contribution >= 0.6 is 0 Å². The number of Topliss-reactive ketones (excluding diaryl/α,β-unsaturated/α-hetero) is 1. The first-order valence-corrected chi connectivity index (χ1v) is 14.0. The Morgan fingerprint density at radius 3 is 2.29 bits per heavy atom. The van der Waals surface area contributed by atoms with Crippen molar-refractivity contribution in [1.29, 1.82) is 10.5 Å². The summed E-state index contributed by atoms with van der Waals surface area (Å²) in [5.74, 6) is 1.58. The maximum Gasteiger partial charge on any atom is 0.178 e. The summed E-state index contributed by atoms with van der Waals surface area (Å²) in [6.07, 6.45) is 11.9. The SMILES string of the molecule is C=C(C)[C@@H]1CC[C@](C#N)(CC[C@]2(C)CCC[C@@H]3[C@@]4(C)C=C(C#N)C(=O)C(C)(C)[C@@H]4CC[C@]32C)[C@H]1C. The monoisotopic (exact) mass is 474 g/mol. The number of hydrogen-bond acceptors (Lipinski definition) is 3. The Morgan fingerprint density at radius 2 is 1.71 bits per heavy atom. The molecule has 4 aliphatic rings. The molecule has 35 heavy (non-hydrogen) atoms. The van der Waals surface area contributed by atoms with Gasteiger partial charge in [-0.25, -0.2) is 0 Å². The van der Waals surface area contributed by atoms with Crippen LogP contribution in [0.2, 0.25) is 0 Å². The number of ketones is 1. The van der Waals surface area contributed by atoms with E-state index in [1.807, 2.05) is 0 Å². The Bertz CT molecular complexity index is 1040. The van der Waals surface area contributed by atoms with E-state index in [-0.39, 0.29) is 33.4 Å². The molecule has 3 nitrogen and oxygen atoms in total. The zero-order chi connectivity index (χ0) is 26.0. The van der Waals surface area contributed by atoms with Gasteiger partial charge in [-0.15, -0.1) is 0 Å². The van der Waals surface area contributed by atoms with Crippen molar-refractivity contribution in [2.24, 2.45) is 50.7 Å². The van der Waals surface area contributed by atoms with Crippen LogP contribution in [0.3, 0.4) is 0 Å². The first kappa shape index (κ1) is 26.2. The van der Waals surface area contributed by atoms with E-state index in [9.17, 15) is 15.3 Å². The van der Waals surface area contributed by atoms with Gasteiger partial charge in [-0.3, -0.25) is 4.79 Å². The van der Waals surface area contributed by atoms with Crippen molar-refractivity contribution >= 4 is 5.78 Å². The molecule has 8 atom stereocenters. The van der Waals surface area contributed by atoms with Gasteiger partial charge in [-0.1, -0.05) is 66.2 Å². The van der Waals surface area contributed by atoms with Gasteiger partial charge in [0.05, 0.1) is 17.1 Å². The average Bonchev–Trinajstić information content (AvgIpc) is 3.13. The smallest absolute Gasteiger partial charge is 0.178 e. The van der Waals surface area contributed by atoms with Gasteiger partial charge in [0, 0.05) is 5.41 Å². The average molecular weight is 475 g/mol. The first-order chi connectivity index (χ1) is 16.2. The molecule has 0 saturated heterocycles. The topological polar surface area (TPSA) is 64.7 Å². The summed E-state index contributed by atoms with van der Waals surface area (Å²) in [5, 5.41) is 20.2. The summed E-state index contributed by atoms with van der Waals surface area (Å²) in [6, 6.07) is 5.07. The highest BCUT2D eigenvalue weighted by atomic mass is 16.1. The molecule has 190 valence electrons. The summed E-state index contributed by atoms with van der Waals surface area (Å²) < 4.78 is 0. The largest absolute Gasteiger partial charge is 0.293 e. The number of carbonyl (C=O) groups is 1. The van der Waals surface area contributed by atoms with Crippen LogP contribution < -0.4 is 0 Å². The molecule has 0 aromatic rings. The fourth-order valence-electron chi connectivity index (χ4n) is 9.92. The Balaban J connectivity index is 1.67. The highest BCUT2D eigenvalue weighted by Gasteiger charge is 2.65. The zero-order valence-corrected chi connectivity index (χ0v) is 23.3.